The van der Waals surface area contributed by atoms with E-state index in [1.54, 1.807) is 6.92 Å². The molecule has 2 aliphatic heterocycles. The van der Waals surface area contributed by atoms with Gasteiger partial charge in [-0.25, -0.2) is 9.79 Å². The first-order chi connectivity index (χ1) is 8.24. The molecule has 0 aliphatic carbocycles. The van der Waals surface area contributed by atoms with Crippen LogP contribution in [0.4, 0.5) is 4.79 Å². The Labute approximate surface area is 98.2 Å². The maximum absolute atomic E-state index is 11.5. The summed E-state index contributed by atoms with van der Waals surface area (Å²) in [5.41, 5.74) is 1.00. The van der Waals surface area contributed by atoms with Gasteiger partial charge in [-0.15, -0.1) is 0 Å². The summed E-state index contributed by atoms with van der Waals surface area (Å²) in [4.78, 5) is 19.6. The van der Waals surface area contributed by atoms with Crippen molar-refractivity contribution in [1.82, 2.24) is 5.32 Å². The molecule has 0 radical (unpaired) electrons. The van der Waals surface area contributed by atoms with Crippen molar-refractivity contribution in [1.29, 1.82) is 0 Å². The molecule has 1 aromatic rings. The van der Waals surface area contributed by atoms with Gasteiger partial charge < -0.3 is 10.1 Å². The van der Waals surface area contributed by atoms with Gasteiger partial charge in [0.25, 0.3) is 0 Å². The van der Waals surface area contributed by atoms with Crippen molar-refractivity contribution in [2.24, 2.45) is 9.98 Å². The van der Waals surface area contributed by atoms with Crippen molar-refractivity contribution >= 4 is 17.8 Å². The maximum atomic E-state index is 11.5. The third kappa shape index (κ3) is 1.69. The number of carbonyl (C=O) groups excluding carboxylic acids is 1. The average molecular weight is 229 g/mol. The first kappa shape index (κ1) is 10.0. The molecule has 3 rings (SSSR count). The summed E-state index contributed by atoms with van der Waals surface area (Å²) in [6, 6.07) is 8.88. The Morgan fingerprint density at radius 3 is 2.82 bits per heavy atom. The van der Waals surface area contributed by atoms with E-state index in [9.17, 15) is 4.79 Å². The molecule has 1 N–H and O–H groups in total. The summed E-state index contributed by atoms with van der Waals surface area (Å²) in [5.74, 6) is 0.936. The first-order valence-electron chi connectivity index (χ1n) is 5.40. The quantitative estimate of drug-likeness (QED) is 0.796. The number of carbonyl (C=O) groups is 1. The highest BCUT2D eigenvalue weighted by atomic mass is 16.5. The molecule has 1 aromatic carbocycles. The van der Waals surface area contributed by atoms with E-state index in [-0.39, 0.29) is 18.1 Å². The van der Waals surface area contributed by atoms with Gasteiger partial charge in [-0.2, -0.15) is 4.99 Å². The summed E-state index contributed by atoms with van der Waals surface area (Å²) in [5, 5.41) is 2.81. The number of aliphatic imine (C=N–C) groups is 2. The Bertz CT molecular complexity index is 522. The summed E-state index contributed by atoms with van der Waals surface area (Å²) < 4.78 is 5.33. The number of nitrogens with zero attached hydrogens (tertiary/aromatic N) is 2. The number of ether oxygens (including phenoxy) is 1. The highest BCUT2D eigenvalue weighted by Gasteiger charge is 2.38. The lowest BCUT2D eigenvalue weighted by molar-refractivity contribution is 0.242. The molecule has 17 heavy (non-hydrogen) atoms. The summed E-state index contributed by atoms with van der Waals surface area (Å²) in [7, 11) is 0. The molecule has 0 spiro atoms. The van der Waals surface area contributed by atoms with Crippen LogP contribution in [0.1, 0.15) is 18.5 Å². The SMILES string of the molecule is CC1=NC2C(=NC(=O)NC2c2ccccc2)O1. The maximum Gasteiger partial charge on any atom is 0.344 e. The van der Waals surface area contributed by atoms with Crippen LogP contribution < -0.4 is 5.32 Å². The number of fused-ring (bicyclic) bond motifs is 1. The molecular formula is C12H11N3O2. The summed E-state index contributed by atoms with van der Waals surface area (Å²) >= 11 is 0. The molecular weight excluding hydrogens is 218 g/mol. The third-order valence-electron chi connectivity index (χ3n) is 2.79. The predicted octanol–water partition coefficient (Wildman–Crippen LogP) is 1.67. The minimum Gasteiger partial charge on any atom is -0.427 e. The number of rotatable bonds is 1. The highest BCUT2D eigenvalue weighted by Crippen LogP contribution is 2.27. The zero-order chi connectivity index (χ0) is 11.8. The second kappa shape index (κ2) is 3.69. The van der Waals surface area contributed by atoms with Gasteiger partial charge in [0.15, 0.2) is 11.9 Å². The molecule has 2 heterocycles. The molecule has 2 amide bonds. The van der Waals surface area contributed by atoms with Crippen LogP contribution in [0.3, 0.4) is 0 Å². The summed E-state index contributed by atoms with van der Waals surface area (Å²) in [6.07, 6.45) is 0. The lowest BCUT2D eigenvalue weighted by Crippen LogP contribution is -2.42. The molecule has 0 saturated heterocycles. The Hall–Kier alpha value is -2.17. The van der Waals surface area contributed by atoms with E-state index >= 15 is 0 Å². The molecule has 0 saturated carbocycles. The molecule has 86 valence electrons. The Balaban J connectivity index is 2.01. The van der Waals surface area contributed by atoms with Crippen LogP contribution in [0.25, 0.3) is 0 Å². The van der Waals surface area contributed by atoms with Crippen molar-refractivity contribution in [3.05, 3.63) is 35.9 Å². The van der Waals surface area contributed by atoms with Gasteiger partial charge in [-0.3, -0.25) is 0 Å². The van der Waals surface area contributed by atoms with Crippen LogP contribution in [0.15, 0.2) is 40.3 Å². The normalized spacial score (nSPS) is 26.5. The molecule has 5 nitrogen and oxygen atoms in total. The van der Waals surface area contributed by atoms with Crippen LogP contribution in [0.2, 0.25) is 0 Å². The Morgan fingerprint density at radius 2 is 2.06 bits per heavy atom. The number of amides is 2. The van der Waals surface area contributed by atoms with E-state index < -0.39 is 0 Å². The van der Waals surface area contributed by atoms with E-state index in [0.717, 1.165) is 5.56 Å². The van der Waals surface area contributed by atoms with E-state index in [4.69, 9.17) is 4.74 Å². The van der Waals surface area contributed by atoms with E-state index in [0.29, 0.717) is 11.8 Å². The Morgan fingerprint density at radius 1 is 1.29 bits per heavy atom. The topological polar surface area (TPSA) is 63.0 Å². The second-order valence-corrected chi connectivity index (χ2v) is 3.98. The van der Waals surface area contributed by atoms with Crippen LogP contribution in [0, 0.1) is 0 Å². The number of nitrogens with one attached hydrogen (secondary N) is 1. The van der Waals surface area contributed by atoms with Crippen LogP contribution in [-0.4, -0.2) is 23.9 Å². The van der Waals surface area contributed by atoms with E-state index in [1.165, 1.54) is 0 Å². The number of hydrogen-bond donors (Lipinski definition) is 1. The van der Waals surface area contributed by atoms with Crippen molar-refractivity contribution < 1.29 is 9.53 Å². The first-order valence-corrected chi connectivity index (χ1v) is 5.40. The largest absolute Gasteiger partial charge is 0.427 e. The third-order valence-corrected chi connectivity index (χ3v) is 2.79. The van der Waals surface area contributed by atoms with Gasteiger partial charge in [0.05, 0.1) is 6.04 Å². The predicted molar refractivity (Wildman–Crippen MR) is 63.1 cm³/mol. The lowest BCUT2D eigenvalue weighted by Gasteiger charge is -2.25. The number of benzene rings is 1. The fraction of sp³-hybridized carbons (Fsp3) is 0.250. The van der Waals surface area contributed by atoms with E-state index in [2.05, 4.69) is 15.3 Å². The smallest absolute Gasteiger partial charge is 0.344 e. The fourth-order valence-corrected chi connectivity index (χ4v) is 2.07. The van der Waals surface area contributed by atoms with Crippen molar-refractivity contribution in [3.8, 4) is 0 Å². The van der Waals surface area contributed by atoms with Crippen LogP contribution >= 0.6 is 0 Å². The van der Waals surface area contributed by atoms with Crippen LogP contribution in [0.5, 0.6) is 0 Å². The van der Waals surface area contributed by atoms with Crippen molar-refractivity contribution in [2.75, 3.05) is 0 Å². The minimum absolute atomic E-state index is 0.200. The number of urea groups is 1. The molecule has 2 atom stereocenters. The molecule has 5 heteroatoms. The van der Waals surface area contributed by atoms with Gasteiger partial charge in [0.2, 0.25) is 5.90 Å². The molecule has 0 bridgehead atoms. The molecule has 2 unspecified atom stereocenters. The van der Waals surface area contributed by atoms with E-state index in [1.807, 2.05) is 30.3 Å². The average Bonchev–Trinajstić information content (AvgIpc) is 2.69. The standard InChI is InChI=1S/C12H11N3O2/c1-7-13-10-9(8-5-3-2-4-6-8)14-12(16)15-11(10)17-7/h2-6,9-10H,1H3,(H,14,16). The molecule has 2 aliphatic rings. The zero-order valence-electron chi connectivity index (χ0n) is 9.25. The summed E-state index contributed by atoms with van der Waals surface area (Å²) in [6.45, 7) is 1.76. The number of hydrogen-bond acceptors (Lipinski definition) is 3. The van der Waals surface area contributed by atoms with Gasteiger partial charge >= 0.3 is 6.03 Å². The van der Waals surface area contributed by atoms with Gasteiger partial charge in [0.1, 0.15) is 0 Å². The Kier molecular flexibility index (Phi) is 2.18. The lowest BCUT2D eigenvalue weighted by atomic mass is 9.99. The van der Waals surface area contributed by atoms with Gasteiger partial charge in [0, 0.05) is 6.92 Å². The highest BCUT2D eigenvalue weighted by molar-refractivity contribution is 6.05. The zero-order valence-corrected chi connectivity index (χ0v) is 9.25. The minimum atomic E-state index is -0.380. The van der Waals surface area contributed by atoms with Crippen LogP contribution in [-0.2, 0) is 4.74 Å². The van der Waals surface area contributed by atoms with Crippen molar-refractivity contribution in [3.63, 3.8) is 0 Å². The fourth-order valence-electron chi connectivity index (χ4n) is 2.07. The second-order valence-electron chi connectivity index (χ2n) is 3.98. The van der Waals surface area contributed by atoms with Crippen molar-refractivity contribution in [2.45, 2.75) is 19.0 Å². The molecule has 0 fully saturated rings. The molecule has 0 aromatic heterocycles. The monoisotopic (exact) mass is 229 g/mol. The van der Waals surface area contributed by atoms with Gasteiger partial charge in [-0.1, -0.05) is 30.3 Å². The van der Waals surface area contributed by atoms with Gasteiger partial charge in [-0.05, 0) is 5.56 Å².